The molecular formula is C21H30O4. The average Bonchev–Trinajstić information content (AvgIpc) is 2.98. The molecule has 2 fully saturated rings. The molecule has 4 atom stereocenters. The van der Waals surface area contributed by atoms with E-state index in [2.05, 4.69) is 20.4 Å². The van der Waals surface area contributed by atoms with Crippen LogP contribution in [0.4, 0.5) is 0 Å². The molecule has 0 N–H and O–H groups in total. The van der Waals surface area contributed by atoms with Crippen molar-refractivity contribution in [2.24, 2.45) is 22.7 Å². The molecule has 0 unspecified atom stereocenters. The van der Waals surface area contributed by atoms with Crippen LogP contribution in [0, 0.1) is 22.7 Å². The first kappa shape index (κ1) is 18.2. The molecule has 25 heavy (non-hydrogen) atoms. The Balaban J connectivity index is 1.84. The van der Waals surface area contributed by atoms with E-state index < -0.39 is 5.41 Å². The van der Waals surface area contributed by atoms with Crippen LogP contribution in [0.3, 0.4) is 0 Å². The predicted octanol–water partition coefficient (Wildman–Crippen LogP) is 4.20. The number of rotatable bonds is 4. The maximum atomic E-state index is 12.6. The van der Waals surface area contributed by atoms with Crippen molar-refractivity contribution in [3.8, 4) is 0 Å². The van der Waals surface area contributed by atoms with Gasteiger partial charge in [0.2, 0.25) is 0 Å². The van der Waals surface area contributed by atoms with Crippen LogP contribution in [-0.2, 0) is 19.1 Å². The summed E-state index contributed by atoms with van der Waals surface area (Å²) in [6, 6.07) is 0. The molecule has 0 spiro atoms. The van der Waals surface area contributed by atoms with E-state index in [1.165, 1.54) is 12.7 Å². The number of hydrogen-bond acceptors (Lipinski definition) is 4. The number of esters is 2. The average molecular weight is 346 g/mol. The van der Waals surface area contributed by atoms with E-state index in [4.69, 9.17) is 9.47 Å². The van der Waals surface area contributed by atoms with Crippen molar-refractivity contribution in [1.82, 2.24) is 0 Å². The zero-order valence-corrected chi connectivity index (χ0v) is 15.7. The fraction of sp³-hybridized carbons (Fsp3) is 0.714. The molecule has 0 aromatic rings. The molecule has 0 aromatic carbocycles. The Hall–Kier alpha value is -1.58. The molecule has 0 radical (unpaired) electrons. The second-order valence-corrected chi connectivity index (χ2v) is 8.44. The van der Waals surface area contributed by atoms with Gasteiger partial charge in [-0.25, -0.2) is 4.79 Å². The summed E-state index contributed by atoms with van der Waals surface area (Å²) in [6.45, 7) is 9.17. The van der Waals surface area contributed by atoms with E-state index in [-0.39, 0.29) is 17.4 Å². The van der Waals surface area contributed by atoms with Crippen molar-refractivity contribution in [3.63, 3.8) is 0 Å². The molecule has 138 valence electrons. The number of carbonyl (C=O) groups is 2. The third kappa shape index (κ3) is 2.94. The molecule has 4 heteroatoms. The normalized spacial score (nSPS) is 38.0. The molecule has 0 saturated heterocycles. The highest BCUT2D eigenvalue weighted by Crippen LogP contribution is 2.62. The van der Waals surface area contributed by atoms with Crippen molar-refractivity contribution in [3.05, 3.63) is 23.8 Å². The summed E-state index contributed by atoms with van der Waals surface area (Å²) in [6.07, 6.45) is 8.54. The summed E-state index contributed by atoms with van der Waals surface area (Å²) in [4.78, 5) is 24.3. The Morgan fingerprint density at radius 3 is 2.80 bits per heavy atom. The van der Waals surface area contributed by atoms with Crippen LogP contribution in [0.5, 0.6) is 0 Å². The topological polar surface area (TPSA) is 52.6 Å². The first-order valence-electron chi connectivity index (χ1n) is 9.45. The van der Waals surface area contributed by atoms with E-state index in [1.807, 2.05) is 6.08 Å². The maximum absolute atomic E-state index is 12.6. The lowest BCUT2D eigenvalue weighted by Crippen LogP contribution is -2.53. The minimum absolute atomic E-state index is 0.0413. The van der Waals surface area contributed by atoms with Gasteiger partial charge < -0.3 is 9.47 Å². The van der Waals surface area contributed by atoms with Gasteiger partial charge in [0.25, 0.3) is 0 Å². The fourth-order valence-electron chi connectivity index (χ4n) is 5.86. The van der Waals surface area contributed by atoms with Crippen LogP contribution >= 0.6 is 0 Å². The fourth-order valence-corrected chi connectivity index (χ4v) is 5.86. The van der Waals surface area contributed by atoms with Crippen molar-refractivity contribution >= 4 is 11.9 Å². The third-order valence-electron chi connectivity index (χ3n) is 7.18. The molecule has 3 aliphatic rings. The van der Waals surface area contributed by atoms with Crippen molar-refractivity contribution in [1.29, 1.82) is 0 Å². The highest BCUT2D eigenvalue weighted by atomic mass is 16.5. The Kier molecular flexibility index (Phi) is 4.82. The van der Waals surface area contributed by atoms with Gasteiger partial charge in [0.15, 0.2) is 0 Å². The number of allylic oxidation sites excluding steroid dienone is 1. The molecule has 1 aliphatic heterocycles. The quantitative estimate of drug-likeness (QED) is 0.565. The van der Waals surface area contributed by atoms with Crippen LogP contribution < -0.4 is 0 Å². The van der Waals surface area contributed by atoms with Crippen LogP contribution in [0.15, 0.2) is 23.8 Å². The van der Waals surface area contributed by atoms with Gasteiger partial charge in [-0.2, -0.15) is 0 Å². The molecule has 2 aliphatic carbocycles. The lowest BCUT2D eigenvalue weighted by atomic mass is 9.46. The molecule has 3 rings (SSSR count). The van der Waals surface area contributed by atoms with Gasteiger partial charge in [-0.15, -0.1) is 0 Å². The summed E-state index contributed by atoms with van der Waals surface area (Å²) in [7, 11) is 1.50. The minimum Gasteiger partial charge on any atom is -0.469 e. The van der Waals surface area contributed by atoms with Crippen molar-refractivity contribution in [2.75, 3.05) is 13.7 Å². The lowest BCUT2D eigenvalue weighted by Gasteiger charge is -2.57. The number of ether oxygens (including phenoxy) is 2. The van der Waals surface area contributed by atoms with Gasteiger partial charge in [-0.3, -0.25) is 4.79 Å². The first-order valence-corrected chi connectivity index (χ1v) is 9.45. The zero-order chi connectivity index (χ0) is 18.2. The minimum atomic E-state index is -0.410. The summed E-state index contributed by atoms with van der Waals surface area (Å²) in [5.74, 6) is 0.397. The molecule has 0 bridgehead atoms. The Morgan fingerprint density at radius 2 is 2.16 bits per heavy atom. The molecule has 0 aromatic heterocycles. The van der Waals surface area contributed by atoms with Crippen molar-refractivity contribution < 1.29 is 19.1 Å². The van der Waals surface area contributed by atoms with Crippen LogP contribution in [0.1, 0.15) is 58.8 Å². The summed E-state index contributed by atoms with van der Waals surface area (Å²) in [5, 5.41) is 0. The van der Waals surface area contributed by atoms with E-state index in [0.717, 1.165) is 50.5 Å². The van der Waals surface area contributed by atoms with Crippen LogP contribution in [0.2, 0.25) is 0 Å². The second-order valence-electron chi connectivity index (χ2n) is 8.44. The molecule has 2 saturated carbocycles. The standard InChI is InChI=1S/C21H30O4/c1-14-6-9-17-20(2,11-5-12-21(17,3)19(23)24-4)16(14)8-7-15-10-13-25-18(15)22/h10,16-17H,1,5-9,11-13H2,2-4H3/t16-,17+,20+,21-/m0/s1. The smallest absolute Gasteiger partial charge is 0.334 e. The van der Waals surface area contributed by atoms with Gasteiger partial charge >= 0.3 is 11.9 Å². The van der Waals surface area contributed by atoms with Crippen LogP contribution in [-0.4, -0.2) is 25.7 Å². The summed E-state index contributed by atoms with van der Waals surface area (Å²) >= 11 is 0. The van der Waals surface area contributed by atoms with Crippen LogP contribution in [0.25, 0.3) is 0 Å². The third-order valence-corrected chi connectivity index (χ3v) is 7.18. The number of cyclic esters (lactones) is 1. The van der Waals surface area contributed by atoms with Gasteiger partial charge in [-0.1, -0.05) is 25.5 Å². The van der Waals surface area contributed by atoms with Gasteiger partial charge in [0, 0.05) is 5.57 Å². The monoisotopic (exact) mass is 346 g/mol. The highest BCUT2D eigenvalue weighted by molar-refractivity contribution is 5.90. The zero-order valence-electron chi connectivity index (χ0n) is 15.7. The van der Waals surface area contributed by atoms with Gasteiger partial charge in [0.1, 0.15) is 6.61 Å². The maximum Gasteiger partial charge on any atom is 0.334 e. The SMILES string of the molecule is C=C1CC[C@@H]2[C@](C)(CCC[C@]2(C)C(=O)OC)[C@H]1CCC1=CCOC1=O. The Bertz CT molecular complexity index is 619. The van der Waals surface area contributed by atoms with E-state index >= 15 is 0 Å². The molecule has 0 amide bonds. The van der Waals surface area contributed by atoms with E-state index in [9.17, 15) is 9.59 Å². The summed E-state index contributed by atoms with van der Waals surface area (Å²) in [5.41, 5.74) is 1.70. The highest BCUT2D eigenvalue weighted by Gasteiger charge is 2.57. The molecular weight excluding hydrogens is 316 g/mol. The molecule has 1 heterocycles. The number of methoxy groups -OCH3 is 1. The largest absolute Gasteiger partial charge is 0.469 e. The molecule has 4 nitrogen and oxygen atoms in total. The number of fused-ring (bicyclic) bond motifs is 1. The van der Waals surface area contributed by atoms with Crippen molar-refractivity contribution in [2.45, 2.75) is 58.8 Å². The predicted molar refractivity (Wildman–Crippen MR) is 95.7 cm³/mol. The number of hydrogen-bond donors (Lipinski definition) is 0. The second kappa shape index (κ2) is 6.62. The number of carbonyl (C=O) groups excluding carboxylic acids is 2. The lowest BCUT2D eigenvalue weighted by molar-refractivity contribution is -0.168. The van der Waals surface area contributed by atoms with Gasteiger partial charge in [0.05, 0.1) is 12.5 Å². The summed E-state index contributed by atoms with van der Waals surface area (Å²) < 4.78 is 10.2. The van der Waals surface area contributed by atoms with Gasteiger partial charge in [-0.05, 0) is 68.8 Å². The Labute approximate surface area is 150 Å². The first-order chi connectivity index (χ1) is 11.8. The van der Waals surface area contributed by atoms with E-state index in [1.54, 1.807) is 0 Å². The Morgan fingerprint density at radius 1 is 1.40 bits per heavy atom. The van der Waals surface area contributed by atoms with E-state index in [0.29, 0.717) is 18.4 Å².